The van der Waals surface area contributed by atoms with Crippen LogP contribution < -0.4 is 20.1 Å². The predicted molar refractivity (Wildman–Crippen MR) is 130 cm³/mol. The number of carbonyl (C=O) groups excluding carboxylic acids is 1. The van der Waals surface area contributed by atoms with Gasteiger partial charge < -0.3 is 25.1 Å². The minimum Gasteiger partial charge on any atom is -0.493 e. The molecule has 0 aliphatic carbocycles. The molecule has 0 aliphatic rings. The molecule has 8 heteroatoms. The van der Waals surface area contributed by atoms with Gasteiger partial charge in [0.15, 0.2) is 18.1 Å². The molecule has 0 fully saturated rings. The number of aromatic nitrogens is 2. The van der Waals surface area contributed by atoms with Crippen LogP contribution in [-0.2, 0) is 17.8 Å². The Morgan fingerprint density at radius 2 is 1.97 bits per heavy atom. The zero-order chi connectivity index (χ0) is 23.1. The van der Waals surface area contributed by atoms with E-state index in [0.29, 0.717) is 18.0 Å². The fourth-order valence-corrected chi connectivity index (χ4v) is 3.83. The summed E-state index contributed by atoms with van der Waals surface area (Å²) >= 11 is 3.60. The molecule has 0 spiro atoms. The lowest BCUT2D eigenvalue weighted by atomic mass is 10.1. The third kappa shape index (κ3) is 6.71. The molecule has 32 heavy (non-hydrogen) atoms. The number of nitrogens with one attached hydrogen (secondary N) is 3. The minimum absolute atomic E-state index is 0.0802. The summed E-state index contributed by atoms with van der Waals surface area (Å²) in [5.41, 5.74) is 2.66. The van der Waals surface area contributed by atoms with Gasteiger partial charge in [-0.1, -0.05) is 28.1 Å². The first-order chi connectivity index (χ1) is 15.3. The van der Waals surface area contributed by atoms with Gasteiger partial charge in [-0.25, -0.2) is 4.98 Å². The summed E-state index contributed by atoms with van der Waals surface area (Å²) in [7, 11) is 1.59. The number of hydrogen-bond donors (Lipinski definition) is 3. The number of para-hydroxylation sites is 2. The Morgan fingerprint density at radius 1 is 1.19 bits per heavy atom. The van der Waals surface area contributed by atoms with E-state index in [0.717, 1.165) is 46.3 Å². The van der Waals surface area contributed by atoms with Crippen molar-refractivity contribution in [2.24, 2.45) is 0 Å². The molecule has 7 nitrogen and oxygen atoms in total. The Bertz CT molecular complexity index is 1030. The normalized spacial score (nSPS) is 11.5. The molecule has 0 radical (unpaired) electrons. The maximum Gasteiger partial charge on any atom is 0.258 e. The SMILES string of the molecule is COc1ccc(Br)c(CNCCCc2nc3ccccc3[nH]2)c1OCC(=O)NC(C)(C)C. The molecule has 1 amide bonds. The van der Waals surface area contributed by atoms with Gasteiger partial charge in [-0.2, -0.15) is 0 Å². The van der Waals surface area contributed by atoms with Gasteiger partial charge in [0.05, 0.1) is 18.1 Å². The highest BCUT2D eigenvalue weighted by Gasteiger charge is 2.18. The number of halogens is 1. The molecule has 0 aliphatic heterocycles. The average Bonchev–Trinajstić information content (AvgIpc) is 3.15. The monoisotopic (exact) mass is 502 g/mol. The summed E-state index contributed by atoms with van der Waals surface area (Å²) in [5.74, 6) is 1.97. The largest absolute Gasteiger partial charge is 0.493 e. The number of carbonyl (C=O) groups is 1. The first-order valence-electron chi connectivity index (χ1n) is 10.7. The van der Waals surface area contributed by atoms with Crippen molar-refractivity contribution in [1.29, 1.82) is 0 Å². The Hall–Kier alpha value is -2.58. The number of aryl methyl sites for hydroxylation is 1. The van der Waals surface area contributed by atoms with Gasteiger partial charge in [0.1, 0.15) is 5.82 Å². The Kier molecular flexibility index (Phi) is 8.15. The van der Waals surface area contributed by atoms with E-state index in [1.165, 1.54) is 0 Å². The fraction of sp³-hybridized carbons (Fsp3) is 0.417. The maximum atomic E-state index is 12.2. The molecule has 0 saturated carbocycles. The Labute approximate surface area is 197 Å². The lowest BCUT2D eigenvalue weighted by molar-refractivity contribution is -0.124. The van der Waals surface area contributed by atoms with Crippen molar-refractivity contribution in [2.45, 2.75) is 45.7 Å². The number of nitrogens with zero attached hydrogens (tertiary/aromatic N) is 1. The van der Waals surface area contributed by atoms with Crippen LogP contribution >= 0.6 is 15.9 Å². The van der Waals surface area contributed by atoms with Crippen molar-refractivity contribution in [1.82, 2.24) is 20.6 Å². The molecular weight excluding hydrogens is 472 g/mol. The van der Waals surface area contributed by atoms with E-state index in [1.54, 1.807) is 7.11 Å². The second kappa shape index (κ2) is 10.8. The summed E-state index contributed by atoms with van der Waals surface area (Å²) in [6.45, 7) is 7.11. The standard InChI is InChI=1S/C24H31BrN4O3/c1-24(2,3)29-22(30)15-32-23-16(17(25)11-12-20(23)31-4)14-26-13-7-10-21-27-18-8-5-6-9-19(18)28-21/h5-6,8-9,11-12,26H,7,10,13-15H2,1-4H3,(H,27,28)(H,29,30). The Morgan fingerprint density at radius 3 is 2.69 bits per heavy atom. The number of methoxy groups -OCH3 is 1. The molecule has 0 saturated heterocycles. The molecule has 0 unspecified atom stereocenters. The average molecular weight is 503 g/mol. The number of ether oxygens (including phenoxy) is 2. The number of aromatic amines is 1. The lowest BCUT2D eigenvalue weighted by Crippen LogP contribution is -2.43. The van der Waals surface area contributed by atoms with Crippen molar-refractivity contribution in [3.05, 3.63) is 52.3 Å². The first kappa shape index (κ1) is 24.1. The zero-order valence-electron chi connectivity index (χ0n) is 19.0. The van der Waals surface area contributed by atoms with Crippen LogP contribution in [0.4, 0.5) is 0 Å². The van der Waals surface area contributed by atoms with Crippen molar-refractivity contribution >= 4 is 32.9 Å². The highest BCUT2D eigenvalue weighted by Crippen LogP contribution is 2.36. The second-order valence-corrected chi connectivity index (χ2v) is 9.48. The van der Waals surface area contributed by atoms with Crippen LogP contribution in [0.2, 0.25) is 0 Å². The Balaban J connectivity index is 1.56. The van der Waals surface area contributed by atoms with Gasteiger partial charge in [0.2, 0.25) is 0 Å². The molecule has 1 aromatic heterocycles. The van der Waals surface area contributed by atoms with Gasteiger partial charge in [-0.15, -0.1) is 0 Å². The summed E-state index contributed by atoms with van der Waals surface area (Å²) in [6.07, 6.45) is 1.79. The molecule has 172 valence electrons. The molecule has 3 N–H and O–H groups in total. The fourth-order valence-electron chi connectivity index (χ4n) is 3.38. The summed E-state index contributed by atoms with van der Waals surface area (Å²) in [5, 5.41) is 6.36. The number of hydrogen-bond acceptors (Lipinski definition) is 5. The number of benzene rings is 2. The molecule has 0 atom stereocenters. The summed E-state index contributed by atoms with van der Waals surface area (Å²) in [6, 6.07) is 11.8. The number of imidazole rings is 1. The van der Waals surface area contributed by atoms with E-state index in [2.05, 4.69) is 36.5 Å². The highest BCUT2D eigenvalue weighted by atomic mass is 79.9. The van der Waals surface area contributed by atoms with Crippen LogP contribution in [0.5, 0.6) is 11.5 Å². The highest BCUT2D eigenvalue weighted by molar-refractivity contribution is 9.10. The van der Waals surface area contributed by atoms with E-state index < -0.39 is 0 Å². The first-order valence-corrected chi connectivity index (χ1v) is 11.5. The van der Waals surface area contributed by atoms with Gasteiger partial charge in [0, 0.05) is 28.5 Å². The minimum atomic E-state index is -0.313. The van der Waals surface area contributed by atoms with Crippen LogP contribution in [0.15, 0.2) is 40.9 Å². The molecule has 2 aromatic carbocycles. The molecule has 0 bridgehead atoms. The molecule has 3 aromatic rings. The van der Waals surface area contributed by atoms with Crippen LogP contribution in [-0.4, -0.2) is 41.7 Å². The number of rotatable bonds is 10. The van der Waals surface area contributed by atoms with Gasteiger partial charge in [-0.3, -0.25) is 4.79 Å². The van der Waals surface area contributed by atoms with Gasteiger partial charge in [-0.05, 0) is 58.0 Å². The lowest BCUT2D eigenvalue weighted by Gasteiger charge is -2.21. The third-order valence-electron chi connectivity index (χ3n) is 4.76. The van der Waals surface area contributed by atoms with Crippen molar-refractivity contribution in [2.75, 3.05) is 20.3 Å². The van der Waals surface area contributed by atoms with Gasteiger partial charge >= 0.3 is 0 Å². The van der Waals surface area contributed by atoms with Gasteiger partial charge in [0.25, 0.3) is 5.91 Å². The summed E-state index contributed by atoms with van der Waals surface area (Å²) in [4.78, 5) is 20.2. The number of amides is 1. The maximum absolute atomic E-state index is 12.2. The molecule has 1 heterocycles. The molecular formula is C24H31BrN4O3. The van der Waals surface area contributed by atoms with E-state index in [9.17, 15) is 4.79 Å². The van der Waals surface area contributed by atoms with E-state index in [-0.39, 0.29) is 18.1 Å². The second-order valence-electron chi connectivity index (χ2n) is 8.63. The topological polar surface area (TPSA) is 88.3 Å². The smallest absolute Gasteiger partial charge is 0.258 e. The van der Waals surface area contributed by atoms with Crippen LogP contribution in [0.25, 0.3) is 11.0 Å². The van der Waals surface area contributed by atoms with E-state index >= 15 is 0 Å². The van der Waals surface area contributed by atoms with Crippen LogP contribution in [0.3, 0.4) is 0 Å². The quantitative estimate of drug-likeness (QED) is 0.358. The van der Waals surface area contributed by atoms with Crippen LogP contribution in [0, 0.1) is 0 Å². The zero-order valence-corrected chi connectivity index (χ0v) is 20.6. The number of fused-ring (bicyclic) bond motifs is 1. The predicted octanol–water partition coefficient (Wildman–Crippen LogP) is 4.35. The van der Waals surface area contributed by atoms with Crippen LogP contribution in [0.1, 0.15) is 38.6 Å². The van der Waals surface area contributed by atoms with Crippen molar-refractivity contribution < 1.29 is 14.3 Å². The van der Waals surface area contributed by atoms with Crippen molar-refractivity contribution in [3.63, 3.8) is 0 Å². The number of H-pyrrole nitrogens is 1. The van der Waals surface area contributed by atoms with Crippen molar-refractivity contribution in [3.8, 4) is 11.5 Å². The summed E-state index contributed by atoms with van der Waals surface area (Å²) < 4.78 is 12.3. The van der Waals surface area contributed by atoms with E-state index in [1.807, 2.05) is 57.2 Å². The third-order valence-corrected chi connectivity index (χ3v) is 5.50. The van der Waals surface area contributed by atoms with E-state index in [4.69, 9.17) is 9.47 Å². The molecule has 3 rings (SSSR count).